The van der Waals surface area contributed by atoms with Crippen molar-refractivity contribution in [3.63, 3.8) is 0 Å². The van der Waals surface area contributed by atoms with Crippen molar-refractivity contribution in [3.05, 3.63) is 55.6 Å². The molecule has 2 rings (SSSR count). The van der Waals surface area contributed by atoms with Gasteiger partial charge in [-0.15, -0.1) is 11.8 Å². The minimum atomic E-state index is -0.0765. The van der Waals surface area contributed by atoms with Crippen molar-refractivity contribution < 1.29 is 0 Å². The average Bonchev–Trinajstić information content (AvgIpc) is 2.31. The molecular formula is C12H11IN2OS. The molecular weight excluding hydrogens is 347 g/mol. The first-order chi connectivity index (χ1) is 8.16. The Morgan fingerprint density at radius 2 is 2.29 bits per heavy atom. The Kier molecular flexibility index (Phi) is 4.22. The molecule has 1 aromatic heterocycles. The number of thioether (sulfide) groups is 1. The van der Waals surface area contributed by atoms with Crippen molar-refractivity contribution in [1.29, 1.82) is 0 Å². The van der Waals surface area contributed by atoms with E-state index in [0.717, 1.165) is 10.8 Å². The van der Waals surface area contributed by atoms with Gasteiger partial charge in [0.05, 0.1) is 6.33 Å². The van der Waals surface area contributed by atoms with E-state index < -0.39 is 0 Å². The molecule has 0 radical (unpaired) electrons. The van der Waals surface area contributed by atoms with Gasteiger partial charge in [-0.05, 0) is 35.1 Å². The van der Waals surface area contributed by atoms with Gasteiger partial charge in [-0.25, -0.2) is 4.98 Å². The summed E-state index contributed by atoms with van der Waals surface area (Å²) in [6.07, 6.45) is 1.45. The minimum absolute atomic E-state index is 0.0765. The molecule has 0 amide bonds. The second-order valence-corrected chi connectivity index (χ2v) is 5.67. The van der Waals surface area contributed by atoms with Crippen LogP contribution in [-0.4, -0.2) is 9.97 Å². The van der Waals surface area contributed by atoms with E-state index in [9.17, 15) is 4.79 Å². The SMILES string of the molecule is Cc1cccc(CSc2nc[nH]c(=O)c2I)c1. The summed E-state index contributed by atoms with van der Waals surface area (Å²) in [7, 11) is 0. The summed E-state index contributed by atoms with van der Waals surface area (Å²) in [4.78, 5) is 18.1. The molecule has 3 nitrogen and oxygen atoms in total. The number of hydrogen-bond acceptors (Lipinski definition) is 3. The number of nitrogens with zero attached hydrogens (tertiary/aromatic N) is 1. The molecule has 88 valence electrons. The molecule has 0 saturated heterocycles. The minimum Gasteiger partial charge on any atom is -0.312 e. The zero-order chi connectivity index (χ0) is 12.3. The highest BCUT2D eigenvalue weighted by molar-refractivity contribution is 14.1. The number of nitrogens with one attached hydrogen (secondary N) is 1. The van der Waals surface area contributed by atoms with Gasteiger partial charge in [0.1, 0.15) is 8.60 Å². The molecule has 0 aliphatic heterocycles. The van der Waals surface area contributed by atoms with Crippen LogP contribution in [0.5, 0.6) is 0 Å². The van der Waals surface area contributed by atoms with Gasteiger partial charge in [-0.1, -0.05) is 29.8 Å². The molecule has 2 aromatic rings. The highest BCUT2D eigenvalue weighted by Gasteiger charge is 2.05. The van der Waals surface area contributed by atoms with Crippen molar-refractivity contribution in [1.82, 2.24) is 9.97 Å². The third-order valence-electron chi connectivity index (χ3n) is 2.22. The second kappa shape index (κ2) is 5.68. The zero-order valence-corrected chi connectivity index (χ0v) is 12.2. The quantitative estimate of drug-likeness (QED) is 0.521. The lowest BCUT2D eigenvalue weighted by atomic mass is 10.2. The summed E-state index contributed by atoms with van der Waals surface area (Å²) in [5.74, 6) is 0.828. The Balaban J connectivity index is 2.13. The summed E-state index contributed by atoms with van der Waals surface area (Å²) in [6.45, 7) is 2.07. The predicted octanol–water partition coefficient (Wildman–Crippen LogP) is 2.98. The monoisotopic (exact) mass is 358 g/mol. The van der Waals surface area contributed by atoms with Crippen LogP contribution in [0, 0.1) is 10.5 Å². The number of aromatic nitrogens is 2. The fourth-order valence-electron chi connectivity index (χ4n) is 1.42. The highest BCUT2D eigenvalue weighted by Crippen LogP contribution is 2.23. The van der Waals surface area contributed by atoms with Crippen LogP contribution in [0.25, 0.3) is 0 Å². The maximum Gasteiger partial charge on any atom is 0.265 e. The molecule has 0 fully saturated rings. The van der Waals surface area contributed by atoms with Crippen LogP contribution in [0.3, 0.4) is 0 Å². The van der Waals surface area contributed by atoms with Crippen LogP contribution in [0.15, 0.2) is 40.4 Å². The second-order valence-electron chi connectivity index (χ2n) is 3.63. The lowest BCUT2D eigenvalue weighted by molar-refractivity contribution is 0.987. The number of H-pyrrole nitrogens is 1. The lowest BCUT2D eigenvalue weighted by Crippen LogP contribution is -2.11. The maximum absolute atomic E-state index is 11.4. The van der Waals surface area contributed by atoms with E-state index in [2.05, 4.69) is 35.1 Å². The van der Waals surface area contributed by atoms with Crippen molar-refractivity contribution in [2.45, 2.75) is 17.7 Å². The molecule has 0 aliphatic rings. The molecule has 1 aromatic carbocycles. The van der Waals surface area contributed by atoms with Crippen LogP contribution in [0.4, 0.5) is 0 Å². The Morgan fingerprint density at radius 3 is 3.06 bits per heavy atom. The molecule has 1 heterocycles. The number of aryl methyl sites for hydroxylation is 1. The van der Waals surface area contributed by atoms with Crippen molar-refractivity contribution in [2.24, 2.45) is 0 Å². The molecule has 0 aliphatic carbocycles. The first-order valence-electron chi connectivity index (χ1n) is 5.08. The van der Waals surface area contributed by atoms with Gasteiger partial charge < -0.3 is 4.98 Å². The third kappa shape index (κ3) is 3.32. The van der Waals surface area contributed by atoms with E-state index in [1.165, 1.54) is 17.5 Å². The van der Waals surface area contributed by atoms with E-state index in [1.54, 1.807) is 11.8 Å². The summed E-state index contributed by atoms with van der Waals surface area (Å²) >= 11 is 3.61. The fourth-order valence-corrected chi connectivity index (χ4v) is 3.01. The van der Waals surface area contributed by atoms with Crippen LogP contribution in [0.2, 0.25) is 0 Å². The maximum atomic E-state index is 11.4. The predicted molar refractivity (Wildman–Crippen MR) is 78.3 cm³/mol. The van der Waals surface area contributed by atoms with Gasteiger partial charge in [0, 0.05) is 5.75 Å². The first-order valence-corrected chi connectivity index (χ1v) is 7.15. The highest BCUT2D eigenvalue weighted by atomic mass is 127. The van der Waals surface area contributed by atoms with Crippen molar-refractivity contribution in [2.75, 3.05) is 0 Å². The third-order valence-corrected chi connectivity index (χ3v) is 4.65. The summed E-state index contributed by atoms with van der Waals surface area (Å²) in [6, 6.07) is 8.35. The van der Waals surface area contributed by atoms with Gasteiger partial charge in [-0.3, -0.25) is 4.79 Å². The number of benzene rings is 1. The van der Waals surface area contributed by atoms with Gasteiger partial charge in [0.15, 0.2) is 0 Å². The molecule has 0 saturated carbocycles. The van der Waals surface area contributed by atoms with Crippen LogP contribution in [-0.2, 0) is 5.75 Å². The van der Waals surface area contributed by atoms with Gasteiger partial charge in [-0.2, -0.15) is 0 Å². The average molecular weight is 358 g/mol. The van der Waals surface area contributed by atoms with Gasteiger partial charge in [0.2, 0.25) is 0 Å². The molecule has 0 unspecified atom stereocenters. The number of halogens is 1. The Labute approximate surface area is 117 Å². The van der Waals surface area contributed by atoms with Crippen LogP contribution < -0.4 is 5.56 Å². The van der Waals surface area contributed by atoms with Crippen LogP contribution >= 0.6 is 34.4 Å². The van der Waals surface area contributed by atoms with E-state index in [-0.39, 0.29) is 5.56 Å². The van der Waals surface area contributed by atoms with Gasteiger partial charge >= 0.3 is 0 Å². The summed E-state index contributed by atoms with van der Waals surface area (Å²) < 4.78 is 0.655. The largest absolute Gasteiger partial charge is 0.312 e. The molecule has 17 heavy (non-hydrogen) atoms. The van der Waals surface area contributed by atoms with Crippen LogP contribution in [0.1, 0.15) is 11.1 Å². The molecule has 0 spiro atoms. The Morgan fingerprint density at radius 1 is 1.47 bits per heavy atom. The normalized spacial score (nSPS) is 10.5. The van der Waals surface area contributed by atoms with Gasteiger partial charge in [0.25, 0.3) is 5.56 Å². The number of aromatic amines is 1. The zero-order valence-electron chi connectivity index (χ0n) is 9.24. The topological polar surface area (TPSA) is 45.8 Å². The molecule has 0 atom stereocenters. The van der Waals surface area contributed by atoms with E-state index >= 15 is 0 Å². The Hall–Kier alpha value is -0.820. The molecule has 0 bridgehead atoms. The molecule has 1 N–H and O–H groups in total. The van der Waals surface area contributed by atoms with E-state index in [4.69, 9.17) is 0 Å². The first kappa shape index (κ1) is 12.6. The smallest absolute Gasteiger partial charge is 0.265 e. The number of hydrogen-bond donors (Lipinski definition) is 1. The van der Waals surface area contributed by atoms with E-state index in [0.29, 0.717) is 3.57 Å². The molecule has 5 heteroatoms. The number of rotatable bonds is 3. The standard InChI is InChI=1S/C12H11IN2OS/c1-8-3-2-4-9(5-8)6-17-12-10(13)11(16)14-7-15-12/h2-5,7H,6H2,1H3,(H,14,15,16). The van der Waals surface area contributed by atoms with Crippen molar-refractivity contribution >= 4 is 34.4 Å². The van der Waals surface area contributed by atoms with E-state index in [1.807, 2.05) is 28.7 Å². The Bertz CT molecular complexity index is 583. The summed E-state index contributed by atoms with van der Waals surface area (Å²) in [5.41, 5.74) is 2.41. The fraction of sp³-hybridized carbons (Fsp3) is 0.167. The lowest BCUT2D eigenvalue weighted by Gasteiger charge is -2.03. The van der Waals surface area contributed by atoms with Crippen molar-refractivity contribution in [3.8, 4) is 0 Å². The summed E-state index contributed by atoms with van der Waals surface area (Å²) in [5, 5.41) is 0.788.